The van der Waals surface area contributed by atoms with Gasteiger partial charge >= 0.3 is 0 Å². The summed E-state index contributed by atoms with van der Waals surface area (Å²) in [5.41, 5.74) is 5.78. The molecule has 1 aliphatic heterocycles. The fourth-order valence-electron chi connectivity index (χ4n) is 4.98. The molecule has 0 aromatic carbocycles. The second kappa shape index (κ2) is 6.55. The average Bonchev–Trinajstić information content (AvgIpc) is 2.56. The quantitative estimate of drug-likeness (QED) is 0.607. The molecular formula is C17H31N3O. The number of ether oxygens (including phenoxy) is 1. The van der Waals surface area contributed by atoms with Crippen molar-refractivity contribution < 1.29 is 4.74 Å². The number of nitrogens with two attached hydrogens (primary N) is 1. The molecule has 0 unspecified atom stereocenters. The van der Waals surface area contributed by atoms with Gasteiger partial charge in [-0.15, -0.1) is 0 Å². The van der Waals surface area contributed by atoms with E-state index >= 15 is 0 Å². The summed E-state index contributed by atoms with van der Waals surface area (Å²) in [7, 11) is 0. The van der Waals surface area contributed by atoms with Crippen molar-refractivity contribution in [1.29, 1.82) is 5.41 Å². The zero-order valence-corrected chi connectivity index (χ0v) is 13.3. The Morgan fingerprint density at radius 3 is 1.95 bits per heavy atom. The number of rotatable bonds is 2. The standard InChI is InChI=1S/C17H31N3O/c18-16(19)20-11-12-21-17(13-20,14-7-3-1-4-8-14)15-9-5-2-6-10-15/h14-15H,1-13H2,(H3,18,19). The Hall–Kier alpha value is -0.770. The van der Waals surface area contributed by atoms with Crippen LogP contribution in [0.2, 0.25) is 0 Å². The highest BCUT2D eigenvalue weighted by atomic mass is 16.5. The first-order valence-corrected chi connectivity index (χ1v) is 8.95. The van der Waals surface area contributed by atoms with Crippen molar-refractivity contribution in [2.24, 2.45) is 17.6 Å². The summed E-state index contributed by atoms with van der Waals surface area (Å²) in [6.07, 6.45) is 13.4. The molecule has 0 bridgehead atoms. The lowest BCUT2D eigenvalue weighted by atomic mass is 9.65. The van der Waals surface area contributed by atoms with Crippen LogP contribution in [0, 0.1) is 17.2 Å². The van der Waals surface area contributed by atoms with Crippen LogP contribution in [0.1, 0.15) is 64.2 Å². The molecule has 0 aromatic rings. The van der Waals surface area contributed by atoms with Gasteiger partial charge in [-0.1, -0.05) is 38.5 Å². The van der Waals surface area contributed by atoms with Crippen molar-refractivity contribution in [3.05, 3.63) is 0 Å². The van der Waals surface area contributed by atoms with Gasteiger partial charge in [0.1, 0.15) is 0 Å². The zero-order chi connectivity index (χ0) is 14.7. The zero-order valence-electron chi connectivity index (χ0n) is 13.3. The highest BCUT2D eigenvalue weighted by Crippen LogP contribution is 2.46. The normalized spacial score (nSPS) is 28.5. The molecule has 0 atom stereocenters. The van der Waals surface area contributed by atoms with Crippen LogP contribution < -0.4 is 5.73 Å². The van der Waals surface area contributed by atoms with Crippen LogP contribution in [0.15, 0.2) is 0 Å². The number of hydrogen-bond acceptors (Lipinski definition) is 2. The van der Waals surface area contributed by atoms with E-state index in [1.165, 1.54) is 64.2 Å². The van der Waals surface area contributed by atoms with E-state index < -0.39 is 0 Å². The van der Waals surface area contributed by atoms with Gasteiger partial charge in [-0.3, -0.25) is 5.41 Å². The first-order valence-electron chi connectivity index (χ1n) is 8.95. The van der Waals surface area contributed by atoms with Gasteiger partial charge in [0.05, 0.1) is 18.8 Å². The molecule has 2 saturated carbocycles. The fourth-order valence-corrected chi connectivity index (χ4v) is 4.98. The average molecular weight is 293 g/mol. The number of morpholine rings is 1. The Morgan fingerprint density at radius 1 is 0.952 bits per heavy atom. The van der Waals surface area contributed by atoms with Crippen molar-refractivity contribution in [1.82, 2.24) is 4.90 Å². The smallest absolute Gasteiger partial charge is 0.188 e. The molecule has 3 N–H and O–H groups in total. The Balaban J connectivity index is 1.83. The highest BCUT2D eigenvalue weighted by Gasteiger charge is 2.49. The molecule has 21 heavy (non-hydrogen) atoms. The second-order valence-corrected chi connectivity index (χ2v) is 7.28. The third-order valence-corrected chi connectivity index (χ3v) is 6.10. The van der Waals surface area contributed by atoms with Crippen LogP contribution in [0.3, 0.4) is 0 Å². The molecule has 1 heterocycles. The number of guanidine groups is 1. The third-order valence-electron chi connectivity index (χ3n) is 6.10. The molecule has 1 saturated heterocycles. The van der Waals surface area contributed by atoms with Crippen molar-refractivity contribution in [3.8, 4) is 0 Å². The largest absolute Gasteiger partial charge is 0.371 e. The van der Waals surface area contributed by atoms with E-state index in [-0.39, 0.29) is 11.6 Å². The van der Waals surface area contributed by atoms with E-state index in [1.807, 2.05) is 0 Å². The van der Waals surface area contributed by atoms with Crippen LogP contribution >= 0.6 is 0 Å². The minimum atomic E-state index is -0.0231. The molecule has 120 valence electrons. The lowest BCUT2D eigenvalue weighted by Crippen LogP contribution is -2.62. The summed E-state index contributed by atoms with van der Waals surface area (Å²) in [5, 5.41) is 7.84. The molecule has 3 fully saturated rings. The Morgan fingerprint density at radius 2 is 1.48 bits per heavy atom. The molecule has 4 nitrogen and oxygen atoms in total. The van der Waals surface area contributed by atoms with Gasteiger partial charge in [0.25, 0.3) is 0 Å². The van der Waals surface area contributed by atoms with Crippen molar-refractivity contribution in [2.75, 3.05) is 19.7 Å². The lowest BCUT2D eigenvalue weighted by molar-refractivity contribution is -0.174. The monoisotopic (exact) mass is 293 g/mol. The topological polar surface area (TPSA) is 62.3 Å². The van der Waals surface area contributed by atoms with Crippen molar-refractivity contribution in [2.45, 2.75) is 69.8 Å². The third kappa shape index (κ3) is 3.05. The highest BCUT2D eigenvalue weighted by molar-refractivity contribution is 5.74. The van der Waals surface area contributed by atoms with Crippen LogP contribution in [-0.4, -0.2) is 36.2 Å². The SMILES string of the molecule is N=C(N)N1CCOC(C2CCCCC2)(C2CCCCC2)C1. The summed E-state index contributed by atoms with van der Waals surface area (Å²) < 4.78 is 6.53. The van der Waals surface area contributed by atoms with E-state index in [9.17, 15) is 0 Å². The van der Waals surface area contributed by atoms with E-state index in [0.29, 0.717) is 11.8 Å². The molecule has 3 aliphatic rings. The predicted octanol–water partition coefficient (Wildman–Crippen LogP) is 3.11. The summed E-state index contributed by atoms with van der Waals surface area (Å²) >= 11 is 0. The molecule has 0 spiro atoms. The lowest BCUT2D eigenvalue weighted by Gasteiger charge is -2.53. The Kier molecular flexibility index (Phi) is 4.72. The fraction of sp³-hybridized carbons (Fsp3) is 0.941. The molecule has 4 heteroatoms. The maximum absolute atomic E-state index is 7.84. The summed E-state index contributed by atoms with van der Waals surface area (Å²) in [5.74, 6) is 1.59. The molecule has 3 rings (SSSR count). The Labute approximate surface area is 128 Å². The van der Waals surface area contributed by atoms with Gasteiger partial charge in [-0.05, 0) is 37.5 Å². The number of hydrogen-bond donors (Lipinski definition) is 2. The van der Waals surface area contributed by atoms with Crippen LogP contribution in [0.25, 0.3) is 0 Å². The summed E-state index contributed by atoms with van der Waals surface area (Å²) in [4.78, 5) is 2.06. The first-order chi connectivity index (χ1) is 10.2. The minimum Gasteiger partial charge on any atom is -0.371 e. The Bertz CT molecular complexity index is 341. The van der Waals surface area contributed by atoms with E-state index in [0.717, 1.165) is 19.7 Å². The van der Waals surface area contributed by atoms with Gasteiger partial charge in [-0.25, -0.2) is 0 Å². The first kappa shape index (κ1) is 15.1. The van der Waals surface area contributed by atoms with Crippen molar-refractivity contribution >= 4 is 5.96 Å². The van der Waals surface area contributed by atoms with Gasteiger partial charge < -0.3 is 15.4 Å². The van der Waals surface area contributed by atoms with Gasteiger partial charge in [-0.2, -0.15) is 0 Å². The molecule has 0 amide bonds. The van der Waals surface area contributed by atoms with E-state index in [1.54, 1.807) is 0 Å². The van der Waals surface area contributed by atoms with Crippen LogP contribution in [0.5, 0.6) is 0 Å². The number of nitrogens with one attached hydrogen (secondary N) is 1. The number of nitrogens with zero attached hydrogens (tertiary/aromatic N) is 1. The van der Waals surface area contributed by atoms with E-state index in [4.69, 9.17) is 15.9 Å². The van der Waals surface area contributed by atoms with Gasteiger partial charge in [0.15, 0.2) is 5.96 Å². The van der Waals surface area contributed by atoms with Crippen LogP contribution in [-0.2, 0) is 4.74 Å². The van der Waals surface area contributed by atoms with Crippen LogP contribution in [0.4, 0.5) is 0 Å². The molecule has 0 radical (unpaired) electrons. The molecule has 2 aliphatic carbocycles. The summed E-state index contributed by atoms with van der Waals surface area (Å²) in [6, 6.07) is 0. The molecular weight excluding hydrogens is 262 g/mol. The minimum absolute atomic E-state index is 0.0231. The second-order valence-electron chi connectivity index (χ2n) is 7.28. The van der Waals surface area contributed by atoms with Crippen molar-refractivity contribution in [3.63, 3.8) is 0 Å². The van der Waals surface area contributed by atoms with Gasteiger partial charge in [0, 0.05) is 6.54 Å². The molecule has 0 aromatic heterocycles. The maximum atomic E-state index is 7.84. The van der Waals surface area contributed by atoms with E-state index in [2.05, 4.69) is 4.90 Å². The maximum Gasteiger partial charge on any atom is 0.188 e. The predicted molar refractivity (Wildman–Crippen MR) is 85.3 cm³/mol. The summed E-state index contributed by atoms with van der Waals surface area (Å²) in [6.45, 7) is 2.39. The van der Waals surface area contributed by atoms with Gasteiger partial charge in [0.2, 0.25) is 0 Å².